The summed E-state index contributed by atoms with van der Waals surface area (Å²) in [6.45, 7) is 12.0. The van der Waals surface area contributed by atoms with Crippen LogP contribution in [0.5, 0.6) is 0 Å². The van der Waals surface area contributed by atoms with Gasteiger partial charge < -0.3 is 14.8 Å². The third-order valence-corrected chi connectivity index (χ3v) is 5.37. The van der Waals surface area contributed by atoms with E-state index in [-0.39, 0.29) is 11.9 Å². The molecule has 4 rings (SSSR count). The molecule has 1 amide bonds. The molecule has 1 aliphatic heterocycles. The summed E-state index contributed by atoms with van der Waals surface area (Å²) in [6.07, 6.45) is 4.06. The lowest BCUT2D eigenvalue weighted by molar-refractivity contribution is -0.127. The lowest BCUT2D eigenvalue weighted by Crippen LogP contribution is -2.34. The molecular formula is C20H26N8O. The maximum absolute atomic E-state index is 12.7. The minimum atomic E-state index is -0.317. The molecule has 4 heterocycles. The number of amides is 1. The number of aromatic nitrogens is 6. The van der Waals surface area contributed by atoms with E-state index in [0.29, 0.717) is 30.1 Å². The van der Waals surface area contributed by atoms with Gasteiger partial charge in [-0.15, -0.1) is 0 Å². The van der Waals surface area contributed by atoms with Gasteiger partial charge in [-0.3, -0.25) is 9.48 Å². The molecule has 9 nitrogen and oxygen atoms in total. The van der Waals surface area contributed by atoms with Crippen LogP contribution in [0.3, 0.4) is 0 Å². The Hall–Kier alpha value is -3.23. The average Bonchev–Trinajstić information content (AvgIpc) is 3.33. The lowest BCUT2D eigenvalue weighted by Gasteiger charge is -2.17. The predicted octanol–water partition coefficient (Wildman–Crippen LogP) is 2.14. The van der Waals surface area contributed by atoms with Gasteiger partial charge in [0.05, 0.1) is 11.8 Å². The molecule has 0 bridgehead atoms. The van der Waals surface area contributed by atoms with Gasteiger partial charge in [0.15, 0.2) is 17.0 Å². The van der Waals surface area contributed by atoms with E-state index < -0.39 is 0 Å². The molecule has 0 radical (unpaired) electrons. The van der Waals surface area contributed by atoms with Crippen LogP contribution in [0.15, 0.2) is 24.7 Å². The zero-order valence-corrected chi connectivity index (χ0v) is 17.3. The van der Waals surface area contributed by atoms with Crippen LogP contribution in [0, 0.1) is 6.92 Å². The number of nitrogens with zero attached hydrogens (tertiary/aromatic N) is 7. The van der Waals surface area contributed by atoms with Gasteiger partial charge in [0.2, 0.25) is 5.91 Å². The van der Waals surface area contributed by atoms with E-state index in [0.717, 1.165) is 35.6 Å². The largest absolute Gasteiger partial charge is 0.356 e. The van der Waals surface area contributed by atoms with Crippen LogP contribution < -0.4 is 5.32 Å². The number of carbonyl (C=O) groups is 1. The molecule has 1 saturated heterocycles. The van der Waals surface area contributed by atoms with Gasteiger partial charge in [-0.2, -0.15) is 5.10 Å². The van der Waals surface area contributed by atoms with E-state index in [1.807, 2.05) is 41.2 Å². The number of rotatable bonds is 6. The van der Waals surface area contributed by atoms with Crippen LogP contribution in [0.4, 0.5) is 5.82 Å². The van der Waals surface area contributed by atoms with Gasteiger partial charge >= 0.3 is 0 Å². The van der Waals surface area contributed by atoms with Gasteiger partial charge in [0.1, 0.15) is 18.2 Å². The molecule has 29 heavy (non-hydrogen) atoms. The van der Waals surface area contributed by atoms with Crippen LogP contribution in [0.1, 0.15) is 26.0 Å². The highest BCUT2D eigenvalue weighted by Crippen LogP contribution is 2.28. The van der Waals surface area contributed by atoms with Gasteiger partial charge in [-0.25, -0.2) is 15.0 Å². The summed E-state index contributed by atoms with van der Waals surface area (Å²) >= 11 is 0. The fourth-order valence-electron chi connectivity index (χ4n) is 3.85. The monoisotopic (exact) mass is 394 g/mol. The Balaban J connectivity index is 1.67. The molecule has 0 aromatic carbocycles. The first kappa shape index (κ1) is 19.1. The molecule has 152 valence electrons. The zero-order chi connectivity index (χ0) is 20.7. The summed E-state index contributed by atoms with van der Waals surface area (Å²) in [5, 5.41) is 7.71. The normalized spacial score (nSPS) is 16.8. The van der Waals surface area contributed by atoms with Crippen LogP contribution in [-0.2, 0) is 18.4 Å². The van der Waals surface area contributed by atoms with E-state index in [2.05, 4.69) is 33.9 Å². The smallest absolute Gasteiger partial charge is 0.245 e. The van der Waals surface area contributed by atoms with Crippen molar-refractivity contribution in [3.05, 3.63) is 30.4 Å². The number of carbonyl (C=O) groups excluding carboxylic acids is 1. The Labute approximate surface area is 169 Å². The molecule has 1 atom stereocenters. The Kier molecular flexibility index (Phi) is 4.81. The van der Waals surface area contributed by atoms with Crippen molar-refractivity contribution in [1.29, 1.82) is 0 Å². The first-order chi connectivity index (χ1) is 13.9. The Bertz CT molecular complexity index is 1100. The molecule has 9 heteroatoms. The molecule has 1 aliphatic rings. The number of likely N-dealkylation sites (tertiary alicyclic amines) is 1. The Morgan fingerprint density at radius 2 is 2.17 bits per heavy atom. The van der Waals surface area contributed by atoms with Gasteiger partial charge in [-0.1, -0.05) is 12.2 Å². The molecule has 3 aromatic rings. The second-order valence-electron chi connectivity index (χ2n) is 7.55. The first-order valence-electron chi connectivity index (χ1n) is 9.80. The van der Waals surface area contributed by atoms with E-state index in [1.54, 1.807) is 0 Å². The summed E-state index contributed by atoms with van der Waals surface area (Å²) < 4.78 is 3.88. The summed E-state index contributed by atoms with van der Waals surface area (Å²) in [5.74, 6) is 1.42. The standard InChI is InChI=1S/C20H26N8O/c1-6-28-13(4)14(9-23-28)18-25-16-17(21-11-22-19(16)26(18)5)24-15-7-8-27(20(15)29)10-12(2)3/h9,11,15H,2,6-8,10H2,1,3-5H3,(H,21,22,24). The number of hydrogen-bond donors (Lipinski definition) is 1. The highest BCUT2D eigenvalue weighted by Gasteiger charge is 2.32. The van der Waals surface area contributed by atoms with Crippen molar-refractivity contribution in [2.24, 2.45) is 7.05 Å². The highest BCUT2D eigenvalue weighted by atomic mass is 16.2. The molecule has 1 fully saturated rings. The number of hydrogen-bond acceptors (Lipinski definition) is 6. The van der Waals surface area contributed by atoms with E-state index in [4.69, 9.17) is 4.98 Å². The predicted molar refractivity (Wildman–Crippen MR) is 111 cm³/mol. The van der Waals surface area contributed by atoms with Crippen LogP contribution in [-0.4, -0.2) is 59.2 Å². The summed E-state index contributed by atoms with van der Waals surface area (Å²) in [5.41, 5.74) is 4.35. The number of fused-ring (bicyclic) bond motifs is 1. The minimum absolute atomic E-state index is 0.0657. The summed E-state index contributed by atoms with van der Waals surface area (Å²) in [6, 6.07) is -0.317. The van der Waals surface area contributed by atoms with Crippen molar-refractivity contribution in [2.45, 2.75) is 39.8 Å². The Morgan fingerprint density at radius 3 is 2.86 bits per heavy atom. The maximum atomic E-state index is 12.7. The van der Waals surface area contributed by atoms with Crippen LogP contribution >= 0.6 is 0 Å². The quantitative estimate of drug-likeness (QED) is 0.644. The second kappa shape index (κ2) is 7.31. The van der Waals surface area contributed by atoms with Crippen molar-refractivity contribution in [1.82, 2.24) is 34.2 Å². The van der Waals surface area contributed by atoms with Crippen molar-refractivity contribution in [3.8, 4) is 11.4 Å². The number of nitrogens with one attached hydrogen (secondary N) is 1. The fraction of sp³-hybridized carbons (Fsp3) is 0.450. The van der Waals surface area contributed by atoms with Crippen molar-refractivity contribution >= 4 is 22.9 Å². The molecule has 0 spiro atoms. The number of anilines is 1. The molecule has 1 unspecified atom stereocenters. The lowest BCUT2D eigenvalue weighted by atomic mass is 10.2. The summed E-state index contributed by atoms with van der Waals surface area (Å²) in [4.78, 5) is 28.1. The number of aryl methyl sites for hydroxylation is 2. The molecule has 0 saturated carbocycles. The van der Waals surface area contributed by atoms with Crippen LogP contribution in [0.2, 0.25) is 0 Å². The topological polar surface area (TPSA) is 93.8 Å². The third kappa shape index (κ3) is 3.26. The molecule has 1 N–H and O–H groups in total. The maximum Gasteiger partial charge on any atom is 0.245 e. The first-order valence-corrected chi connectivity index (χ1v) is 9.80. The van der Waals surface area contributed by atoms with Crippen LogP contribution in [0.25, 0.3) is 22.6 Å². The Morgan fingerprint density at radius 1 is 1.38 bits per heavy atom. The van der Waals surface area contributed by atoms with Crippen molar-refractivity contribution in [2.75, 3.05) is 18.4 Å². The molecular weight excluding hydrogens is 368 g/mol. The van der Waals surface area contributed by atoms with Gasteiger partial charge in [-0.05, 0) is 27.2 Å². The third-order valence-electron chi connectivity index (χ3n) is 5.37. The van der Waals surface area contributed by atoms with E-state index in [9.17, 15) is 4.79 Å². The van der Waals surface area contributed by atoms with Crippen molar-refractivity contribution < 1.29 is 4.79 Å². The van der Waals surface area contributed by atoms with Gasteiger partial charge in [0.25, 0.3) is 0 Å². The highest BCUT2D eigenvalue weighted by molar-refractivity contribution is 5.91. The van der Waals surface area contributed by atoms with Gasteiger partial charge in [0, 0.05) is 32.4 Å². The fourth-order valence-corrected chi connectivity index (χ4v) is 3.85. The van der Waals surface area contributed by atoms with E-state index in [1.165, 1.54) is 6.33 Å². The second-order valence-corrected chi connectivity index (χ2v) is 7.55. The van der Waals surface area contributed by atoms with E-state index >= 15 is 0 Å². The number of imidazole rings is 1. The molecule has 3 aromatic heterocycles. The summed E-state index contributed by atoms with van der Waals surface area (Å²) in [7, 11) is 1.93. The van der Waals surface area contributed by atoms with Crippen molar-refractivity contribution in [3.63, 3.8) is 0 Å². The average molecular weight is 394 g/mol. The molecule has 0 aliphatic carbocycles. The zero-order valence-electron chi connectivity index (χ0n) is 17.3. The SMILES string of the molecule is C=C(C)CN1CCC(Nc2ncnc3c2nc(-c2cnn(CC)c2C)n3C)C1=O. The minimum Gasteiger partial charge on any atom is -0.356 e.